The van der Waals surface area contributed by atoms with Gasteiger partial charge in [0.15, 0.2) is 5.69 Å². The van der Waals surface area contributed by atoms with Gasteiger partial charge in [-0.05, 0) is 43.2 Å². The van der Waals surface area contributed by atoms with E-state index in [1.54, 1.807) is 53.4 Å². The molecule has 1 amide bonds. The molecule has 0 aliphatic rings. The highest BCUT2D eigenvalue weighted by atomic mass is 35.5. The van der Waals surface area contributed by atoms with Crippen LogP contribution in [0.5, 0.6) is 0 Å². The van der Waals surface area contributed by atoms with Crippen LogP contribution in [0.1, 0.15) is 42.7 Å². The molecule has 164 valence electrons. The number of rotatable bonds is 7. The summed E-state index contributed by atoms with van der Waals surface area (Å²) in [6.45, 7) is 5.32. The Labute approximate surface area is 184 Å². The van der Waals surface area contributed by atoms with Gasteiger partial charge in [-0.1, -0.05) is 49.7 Å². The summed E-state index contributed by atoms with van der Waals surface area (Å²) in [5, 5.41) is 4.04. The van der Waals surface area contributed by atoms with Crippen molar-refractivity contribution in [3.05, 3.63) is 70.9 Å². The van der Waals surface area contributed by atoms with Crippen LogP contribution in [0.15, 0.2) is 54.6 Å². The highest BCUT2D eigenvalue weighted by molar-refractivity contribution is 6.32. The Morgan fingerprint density at radius 2 is 1.65 bits per heavy atom. The van der Waals surface area contributed by atoms with Crippen LogP contribution in [-0.4, -0.2) is 33.7 Å². The van der Waals surface area contributed by atoms with Gasteiger partial charge in [0.1, 0.15) is 0 Å². The van der Waals surface area contributed by atoms with Crippen LogP contribution < -0.4 is 0 Å². The number of para-hydroxylation sites is 1. The third kappa shape index (κ3) is 5.10. The molecule has 31 heavy (non-hydrogen) atoms. The minimum absolute atomic E-state index is 0.0918. The molecule has 3 aromatic rings. The second-order valence-corrected chi connectivity index (χ2v) is 7.55. The molecule has 0 unspecified atom stereocenters. The van der Waals surface area contributed by atoms with Crippen LogP contribution in [0.2, 0.25) is 5.02 Å². The predicted octanol–water partition coefficient (Wildman–Crippen LogP) is 6.47. The first-order valence-corrected chi connectivity index (χ1v) is 10.5. The monoisotopic (exact) mass is 449 g/mol. The standard InChI is InChI=1S/C23H23ClF3N3O/c1-3-13-29(14-4-2)22(31)17-11-9-16(10-12-17)20-15-21(23(25,26)27)28-30(20)19-8-6-5-7-18(19)24/h5-12,15H,3-4,13-14H2,1-2H3. The minimum atomic E-state index is -4.60. The number of halogens is 4. The summed E-state index contributed by atoms with van der Waals surface area (Å²) in [7, 11) is 0. The predicted molar refractivity (Wildman–Crippen MR) is 115 cm³/mol. The highest BCUT2D eigenvalue weighted by Gasteiger charge is 2.35. The first kappa shape index (κ1) is 22.9. The van der Waals surface area contributed by atoms with Gasteiger partial charge in [-0.25, -0.2) is 4.68 Å². The number of carbonyl (C=O) groups excluding carboxylic acids is 1. The van der Waals surface area contributed by atoms with Crippen LogP contribution in [0, 0.1) is 0 Å². The van der Waals surface area contributed by atoms with Crippen molar-refractivity contribution < 1.29 is 18.0 Å². The zero-order valence-corrected chi connectivity index (χ0v) is 18.0. The number of carbonyl (C=O) groups is 1. The van der Waals surface area contributed by atoms with E-state index in [-0.39, 0.29) is 16.6 Å². The van der Waals surface area contributed by atoms with Gasteiger partial charge in [0, 0.05) is 24.2 Å². The van der Waals surface area contributed by atoms with Crippen LogP contribution in [0.4, 0.5) is 13.2 Å². The van der Waals surface area contributed by atoms with Gasteiger partial charge >= 0.3 is 6.18 Å². The van der Waals surface area contributed by atoms with E-state index in [4.69, 9.17) is 11.6 Å². The lowest BCUT2D eigenvalue weighted by atomic mass is 10.1. The number of hydrogen-bond donors (Lipinski definition) is 0. The number of nitrogens with zero attached hydrogens (tertiary/aromatic N) is 3. The lowest BCUT2D eigenvalue weighted by molar-refractivity contribution is -0.141. The normalized spacial score (nSPS) is 11.5. The van der Waals surface area contributed by atoms with Gasteiger partial charge in [0.2, 0.25) is 0 Å². The SMILES string of the molecule is CCCN(CCC)C(=O)c1ccc(-c2cc(C(F)(F)F)nn2-c2ccccc2Cl)cc1. The Balaban J connectivity index is 2.02. The molecule has 0 radical (unpaired) electrons. The maximum Gasteiger partial charge on any atom is 0.435 e. The van der Waals surface area contributed by atoms with Crippen molar-refractivity contribution in [1.82, 2.24) is 14.7 Å². The van der Waals surface area contributed by atoms with E-state index in [1.807, 2.05) is 13.8 Å². The van der Waals surface area contributed by atoms with Crippen LogP contribution >= 0.6 is 11.6 Å². The van der Waals surface area contributed by atoms with E-state index < -0.39 is 11.9 Å². The lowest BCUT2D eigenvalue weighted by Crippen LogP contribution is -2.32. The third-order valence-electron chi connectivity index (χ3n) is 4.78. The second-order valence-electron chi connectivity index (χ2n) is 7.15. The lowest BCUT2D eigenvalue weighted by Gasteiger charge is -2.21. The average Bonchev–Trinajstić information content (AvgIpc) is 3.19. The second kappa shape index (κ2) is 9.56. The van der Waals surface area contributed by atoms with Gasteiger partial charge < -0.3 is 4.90 Å². The van der Waals surface area contributed by atoms with E-state index in [2.05, 4.69) is 5.10 Å². The van der Waals surface area contributed by atoms with Crippen LogP contribution in [-0.2, 0) is 6.18 Å². The molecule has 8 heteroatoms. The maximum atomic E-state index is 13.4. The van der Waals surface area contributed by atoms with Crippen molar-refractivity contribution in [2.75, 3.05) is 13.1 Å². The molecule has 0 saturated heterocycles. The fraction of sp³-hybridized carbons (Fsp3) is 0.304. The summed E-state index contributed by atoms with van der Waals surface area (Å²) in [4.78, 5) is 14.6. The molecule has 2 aromatic carbocycles. The van der Waals surface area contributed by atoms with Gasteiger partial charge in [-0.3, -0.25) is 4.79 Å². The maximum absolute atomic E-state index is 13.4. The quantitative estimate of drug-likeness (QED) is 0.414. The number of benzene rings is 2. The Morgan fingerprint density at radius 3 is 2.19 bits per heavy atom. The molecule has 0 aliphatic heterocycles. The smallest absolute Gasteiger partial charge is 0.339 e. The Bertz CT molecular complexity index is 1040. The summed E-state index contributed by atoms with van der Waals surface area (Å²) in [6, 6.07) is 14.1. The molecular formula is C23H23ClF3N3O. The average molecular weight is 450 g/mol. The first-order valence-electron chi connectivity index (χ1n) is 10.1. The zero-order valence-electron chi connectivity index (χ0n) is 17.3. The van der Waals surface area contributed by atoms with E-state index in [0.717, 1.165) is 18.9 Å². The molecular weight excluding hydrogens is 427 g/mol. The van der Waals surface area contributed by atoms with Crippen molar-refractivity contribution >= 4 is 17.5 Å². The van der Waals surface area contributed by atoms with Crippen molar-refractivity contribution in [2.45, 2.75) is 32.9 Å². The number of aromatic nitrogens is 2. The topological polar surface area (TPSA) is 38.1 Å². The fourth-order valence-electron chi connectivity index (χ4n) is 3.35. The Morgan fingerprint density at radius 1 is 1.03 bits per heavy atom. The molecule has 0 spiro atoms. The number of amides is 1. The summed E-state index contributed by atoms with van der Waals surface area (Å²) in [5.41, 5.74) is 0.549. The molecule has 0 bridgehead atoms. The zero-order chi connectivity index (χ0) is 22.6. The van der Waals surface area contributed by atoms with Gasteiger partial charge in [-0.15, -0.1) is 0 Å². The van der Waals surface area contributed by atoms with Gasteiger partial charge in [0.25, 0.3) is 5.91 Å². The van der Waals surface area contributed by atoms with Crippen molar-refractivity contribution in [3.8, 4) is 16.9 Å². The number of alkyl halides is 3. The van der Waals surface area contributed by atoms with Gasteiger partial charge in [0.05, 0.1) is 16.4 Å². The van der Waals surface area contributed by atoms with E-state index in [1.165, 1.54) is 4.68 Å². The minimum Gasteiger partial charge on any atom is -0.339 e. The molecule has 1 aromatic heterocycles. The molecule has 1 heterocycles. The molecule has 0 fully saturated rings. The van der Waals surface area contributed by atoms with Crippen molar-refractivity contribution in [1.29, 1.82) is 0 Å². The van der Waals surface area contributed by atoms with Crippen LogP contribution in [0.3, 0.4) is 0 Å². The summed E-state index contributed by atoms with van der Waals surface area (Å²) in [6.07, 6.45) is -2.90. The fourth-order valence-corrected chi connectivity index (χ4v) is 3.57. The Hall–Kier alpha value is -2.80. The first-order chi connectivity index (χ1) is 14.8. The summed E-state index contributed by atoms with van der Waals surface area (Å²) in [5.74, 6) is -0.0918. The van der Waals surface area contributed by atoms with E-state index >= 15 is 0 Å². The number of hydrogen-bond acceptors (Lipinski definition) is 2. The molecule has 0 aliphatic carbocycles. The molecule has 0 saturated carbocycles. The molecule has 0 atom stereocenters. The third-order valence-corrected chi connectivity index (χ3v) is 5.10. The van der Waals surface area contributed by atoms with Crippen molar-refractivity contribution in [2.24, 2.45) is 0 Å². The summed E-state index contributed by atoms with van der Waals surface area (Å²) < 4.78 is 41.3. The highest BCUT2D eigenvalue weighted by Crippen LogP contribution is 2.34. The van der Waals surface area contributed by atoms with E-state index in [0.29, 0.717) is 29.9 Å². The molecule has 4 nitrogen and oxygen atoms in total. The van der Waals surface area contributed by atoms with Crippen molar-refractivity contribution in [3.63, 3.8) is 0 Å². The largest absolute Gasteiger partial charge is 0.435 e. The summed E-state index contributed by atoms with van der Waals surface area (Å²) >= 11 is 6.21. The molecule has 0 N–H and O–H groups in total. The molecule has 3 rings (SSSR count). The van der Waals surface area contributed by atoms with Gasteiger partial charge in [-0.2, -0.15) is 18.3 Å². The Kier molecular flexibility index (Phi) is 7.05. The van der Waals surface area contributed by atoms with Crippen LogP contribution in [0.25, 0.3) is 16.9 Å². The van der Waals surface area contributed by atoms with E-state index in [9.17, 15) is 18.0 Å².